The van der Waals surface area contributed by atoms with E-state index in [9.17, 15) is 0 Å². The zero-order valence-electron chi connectivity index (χ0n) is 10.6. The highest BCUT2D eigenvalue weighted by Gasteiger charge is 2.05. The molecule has 0 unspecified atom stereocenters. The largest absolute Gasteiger partial charge is 0.330 e. The average molecular weight is 237 g/mol. The molecule has 18 heavy (non-hydrogen) atoms. The Morgan fingerprint density at radius 3 is 2.67 bits per heavy atom. The maximum Gasteiger partial charge on any atom is 0.0954 e. The van der Waals surface area contributed by atoms with Gasteiger partial charge in [-0.25, -0.2) is 4.98 Å². The first-order chi connectivity index (χ1) is 8.75. The molecule has 1 aromatic carbocycles. The maximum atomic E-state index is 4.39. The number of hydrogen-bond acceptors (Lipinski definition) is 2. The average Bonchev–Trinajstić information content (AvgIpc) is 2.71. The van der Waals surface area contributed by atoms with E-state index in [1.165, 1.54) is 16.6 Å². The lowest BCUT2D eigenvalue weighted by atomic mass is 10.1. The summed E-state index contributed by atoms with van der Waals surface area (Å²) in [7, 11) is 0. The summed E-state index contributed by atoms with van der Waals surface area (Å²) < 4.78 is 2.18. The third kappa shape index (κ3) is 1.78. The number of nitrogens with zero attached hydrogens (tertiary/aromatic N) is 3. The molecule has 0 amide bonds. The van der Waals surface area contributed by atoms with Crippen LogP contribution >= 0.6 is 0 Å². The summed E-state index contributed by atoms with van der Waals surface area (Å²) in [6, 6.07) is 10.3. The zero-order valence-corrected chi connectivity index (χ0v) is 10.6. The zero-order chi connectivity index (χ0) is 12.5. The van der Waals surface area contributed by atoms with Crippen LogP contribution in [0.3, 0.4) is 0 Å². The smallest absolute Gasteiger partial charge is 0.0954 e. The molecule has 0 saturated heterocycles. The molecule has 0 aliphatic carbocycles. The molecule has 0 aliphatic heterocycles. The van der Waals surface area contributed by atoms with E-state index in [-0.39, 0.29) is 0 Å². The molecule has 90 valence electrons. The molecule has 0 fully saturated rings. The fourth-order valence-electron chi connectivity index (χ4n) is 2.18. The minimum atomic E-state index is 0.843. The Morgan fingerprint density at radius 2 is 1.89 bits per heavy atom. The Bertz CT molecular complexity index is 693. The monoisotopic (exact) mass is 237 g/mol. The highest BCUT2D eigenvalue weighted by Crippen LogP contribution is 2.18. The number of imidazole rings is 1. The Kier molecular flexibility index (Phi) is 2.59. The fourth-order valence-corrected chi connectivity index (χ4v) is 2.18. The third-order valence-corrected chi connectivity index (χ3v) is 3.43. The quantitative estimate of drug-likeness (QED) is 0.685. The molecule has 0 spiro atoms. The minimum Gasteiger partial charge on any atom is -0.330 e. The molecule has 3 aromatic rings. The molecule has 3 nitrogen and oxygen atoms in total. The van der Waals surface area contributed by atoms with Crippen molar-refractivity contribution in [2.45, 2.75) is 20.4 Å². The van der Waals surface area contributed by atoms with Gasteiger partial charge in [-0.1, -0.05) is 18.2 Å². The van der Waals surface area contributed by atoms with Gasteiger partial charge in [-0.05, 0) is 31.5 Å². The highest BCUT2D eigenvalue weighted by molar-refractivity contribution is 5.81. The van der Waals surface area contributed by atoms with Crippen molar-refractivity contribution in [2.75, 3.05) is 0 Å². The topological polar surface area (TPSA) is 30.7 Å². The van der Waals surface area contributed by atoms with E-state index in [1.807, 2.05) is 31.6 Å². The van der Waals surface area contributed by atoms with Crippen LogP contribution in [0.1, 0.15) is 17.0 Å². The molecular formula is C15H15N3. The summed E-state index contributed by atoms with van der Waals surface area (Å²) in [5.74, 6) is 0. The Morgan fingerprint density at radius 1 is 1.06 bits per heavy atom. The van der Waals surface area contributed by atoms with E-state index in [1.54, 1.807) is 0 Å². The Hall–Kier alpha value is -2.16. The molecule has 0 N–H and O–H groups in total. The summed E-state index contributed by atoms with van der Waals surface area (Å²) in [4.78, 5) is 8.73. The molecule has 3 rings (SSSR count). The van der Waals surface area contributed by atoms with Gasteiger partial charge in [0, 0.05) is 23.8 Å². The van der Waals surface area contributed by atoms with Crippen LogP contribution in [0.5, 0.6) is 0 Å². The van der Waals surface area contributed by atoms with Crippen LogP contribution in [0.2, 0.25) is 0 Å². The number of benzene rings is 1. The first-order valence-electron chi connectivity index (χ1n) is 6.06. The number of para-hydroxylation sites is 1. The van der Waals surface area contributed by atoms with Crippen molar-refractivity contribution in [3.05, 3.63) is 59.8 Å². The van der Waals surface area contributed by atoms with E-state index < -0.39 is 0 Å². The van der Waals surface area contributed by atoms with Crippen LogP contribution in [0.25, 0.3) is 10.9 Å². The SMILES string of the molecule is Cc1ncn(Cc2ccnc3ccccc23)c1C. The van der Waals surface area contributed by atoms with Crippen LogP contribution < -0.4 is 0 Å². The Balaban J connectivity index is 2.08. The summed E-state index contributed by atoms with van der Waals surface area (Å²) >= 11 is 0. The van der Waals surface area contributed by atoms with Gasteiger partial charge in [0.05, 0.1) is 17.5 Å². The molecule has 2 heterocycles. The number of hydrogen-bond donors (Lipinski definition) is 0. The van der Waals surface area contributed by atoms with Crippen LogP contribution in [0.15, 0.2) is 42.9 Å². The van der Waals surface area contributed by atoms with E-state index in [0.29, 0.717) is 0 Å². The molecule has 0 atom stereocenters. The van der Waals surface area contributed by atoms with Gasteiger partial charge in [-0.2, -0.15) is 0 Å². The number of aromatic nitrogens is 3. The lowest BCUT2D eigenvalue weighted by Gasteiger charge is -2.08. The molecular weight excluding hydrogens is 222 g/mol. The molecule has 0 aliphatic rings. The second-order valence-corrected chi connectivity index (χ2v) is 4.53. The second kappa shape index (κ2) is 4.26. The molecule has 0 radical (unpaired) electrons. The predicted octanol–water partition coefficient (Wildman–Crippen LogP) is 3.10. The van der Waals surface area contributed by atoms with Crippen molar-refractivity contribution >= 4 is 10.9 Å². The van der Waals surface area contributed by atoms with Gasteiger partial charge in [0.1, 0.15) is 0 Å². The second-order valence-electron chi connectivity index (χ2n) is 4.53. The van der Waals surface area contributed by atoms with Crippen molar-refractivity contribution in [3.8, 4) is 0 Å². The standard InChI is InChI=1S/C15H15N3/c1-11-12(2)18(10-17-11)9-13-7-8-16-15-6-4-3-5-14(13)15/h3-8,10H,9H2,1-2H3. The number of rotatable bonds is 2. The minimum absolute atomic E-state index is 0.843. The van der Waals surface area contributed by atoms with Crippen molar-refractivity contribution < 1.29 is 0 Å². The predicted molar refractivity (Wildman–Crippen MR) is 72.5 cm³/mol. The van der Waals surface area contributed by atoms with Gasteiger partial charge in [0.15, 0.2) is 0 Å². The van der Waals surface area contributed by atoms with Crippen molar-refractivity contribution in [3.63, 3.8) is 0 Å². The molecule has 2 aromatic heterocycles. The van der Waals surface area contributed by atoms with Crippen LogP contribution in [0, 0.1) is 13.8 Å². The first kappa shape index (κ1) is 11.0. The van der Waals surface area contributed by atoms with Gasteiger partial charge in [0.25, 0.3) is 0 Å². The van der Waals surface area contributed by atoms with Gasteiger partial charge >= 0.3 is 0 Å². The van der Waals surface area contributed by atoms with Gasteiger partial charge in [0.2, 0.25) is 0 Å². The summed E-state index contributed by atoms with van der Waals surface area (Å²) in [6.45, 7) is 4.98. The van der Waals surface area contributed by atoms with Crippen molar-refractivity contribution in [1.82, 2.24) is 14.5 Å². The van der Waals surface area contributed by atoms with Crippen LogP contribution in [-0.4, -0.2) is 14.5 Å². The first-order valence-corrected chi connectivity index (χ1v) is 6.06. The van der Waals surface area contributed by atoms with E-state index in [2.05, 4.69) is 39.7 Å². The fraction of sp³-hybridized carbons (Fsp3) is 0.200. The highest BCUT2D eigenvalue weighted by atomic mass is 15.0. The van der Waals surface area contributed by atoms with E-state index in [4.69, 9.17) is 0 Å². The Labute approximate surface area is 106 Å². The normalized spacial score (nSPS) is 11.0. The molecule has 3 heteroatoms. The van der Waals surface area contributed by atoms with E-state index >= 15 is 0 Å². The van der Waals surface area contributed by atoms with Gasteiger partial charge in [-0.15, -0.1) is 0 Å². The third-order valence-electron chi connectivity index (χ3n) is 3.43. The summed E-state index contributed by atoms with van der Waals surface area (Å²) in [6.07, 6.45) is 3.77. The van der Waals surface area contributed by atoms with Gasteiger partial charge in [-0.3, -0.25) is 4.98 Å². The summed E-state index contributed by atoms with van der Waals surface area (Å²) in [5, 5.41) is 1.21. The molecule has 0 bridgehead atoms. The number of pyridine rings is 1. The van der Waals surface area contributed by atoms with Gasteiger partial charge < -0.3 is 4.57 Å². The summed E-state index contributed by atoms with van der Waals surface area (Å²) in [5.41, 5.74) is 4.63. The maximum absolute atomic E-state index is 4.39. The van der Waals surface area contributed by atoms with Crippen molar-refractivity contribution in [1.29, 1.82) is 0 Å². The van der Waals surface area contributed by atoms with Crippen LogP contribution in [-0.2, 0) is 6.54 Å². The molecule has 0 saturated carbocycles. The number of aryl methyl sites for hydroxylation is 1. The van der Waals surface area contributed by atoms with Crippen molar-refractivity contribution in [2.24, 2.45) is 0 Å². The lowest BCUT2D eigenvalue weighted by Crippen LogP contribution is -2.01. The van der Waals surface area contributed by atoms with Crippen LogP contribution in [0.4, 0.5) is 0 Å². The van der Waals surface area contributed by atoms with E-state index in [0.717, 1.165) is 17.8 Å². The number of fused-ring (bicyclic) bond motifs is 1. The lowest BCUT2D eigenvalue weighted by molar-refractivity contribution is 0.772.